The van der Waals surface area contributed by atoms with E-state index in [9.17, 15) is 9.59 Å². The third kappa shape index (κ3) is 5.19. The molecule has 0 spiro atoms. The summed E-state index contributed by atoms with van der Waals surface area (Å²) in [4.78, 5) is 28.6. The van der Waals surface area contributed by atoms with Gasteiger partial charge in [-0.3, -0.25) is 9.63 Å². The van der Waals surface area contributed by atoms with Crippen LogP contribution < -0.4 is 5.32 Å². The van der Waals surface area contributed by atoms with Gasteiger partial charge in [-0.1, -0.05) is 20.8 Å². The number of amides is 2. The normalized spacial score (nSPS) is 25.2. The van der Waals surface area contributed by atoms with E-state index in [1.807, 2.05) is 0 Å². The molecule has 0 aromatic carbocycles. The number of nitrogens with zero attached hydrogens (tertiary/aromatic N) is 1. The van der Waals surface area contributed by atoms with E-state index in [-0.39, 0.29) is 17.0 Å². The lowest BCUT2D eigenvalue weighted by molar-refractivity contribution is -0.176. The molecule has 7 nitrogen and oxygen atoms in total. The molecule has 1 saturated carbocycles. The van der Waals surface area contributed by atoms with Crippen molar-refractivity contribution in [2.45, 2.75) is 70.3 Å². The van der Waals surface area contributed by atoms with Crippen LogP contribution in [0.25, 0.3) is 0 Å². The molecule has 8 heteroatoms. The second kappa shape index (κ2) is 7.84. The number of rotatable bonds is 5. The maximum atomic E-state index is 12.6. The minimum absolute atomic E-state index is 0.0306. The van der Waals surface area contributed by atoms with Crippen molar-refractivity contribution >= 4 is 20.3 Å². The highest BCUT2D eigenvalue weighted by Crippen LogP contribution is 2.40. The maximum Gasteiger partial charge on any atom is 0.404 e. The van der Waals surface area contributed by atoms with Crippen LogP contribution in [0.5, 0.6) is 0 Å². The van der Waals surface area contributed by atoms with E-state index < -0.39 is 26.4 Å². The average Bonchev–Trinajstić information content (AvgIpc) is 2.45. The van der Waals surface area contributed by atoms with Gasteiger partial charge in [0.05, 0.1) is 13.0 Å². The second-order valence-corrected chi connectivity index (χ2v) is 12.8. The molecule has 1 fully saturated rings. The fraction of sp³-hybridized carbons (Fsp3) is 0.875. The molecule has 140 valence electrons. The number of carbonyl (C=O) groups excluding carboxylic acids is 1. The minimum Gasteiger partial charge on any atom is -0.465 e. The highest BCUT2D eigenvalue weighted by molar-refractivity contribution is 6.74. The van der Waals surface area contributed by atoms with E-state index in [4.69, 9.17) is 14.4 Å². The molecule has 24 heavy (non-hydrogen) atoms. The van der Waals surface area contributed by atoms with E-state index in [0.717, 1.165) is 11.5 Å². The van der Waals surface area contributed by atoms with Gasteiger partial charge < -0.3 is 14.8 Å². The molecule has 1 rings (SSSR count). The topological polar surface area (TPSA) is 88.1 Å². The Morgan fingerprint density at radius 1 is 1.25 bits per heavy atom. The average molecular weight is 361 g/mol. The maximum absolute atomic E-state index is 12.6. The van der Waals surface area contributed by atoms with Gasteiger partial charge in [-0.2, -0.15) is 0 Å². The Labute approximate surface area is 145 Å². The SMILES string of the molecule is CON(C)C(=O)C1C[C@H](O[Si](C)(C)C(C)(C)C)CCC1NC(=O)O. The van der Waals surface area contributed by atoms with Crippen molar-refractivity contribution in [2.75, 3.05) is 14.2 Å². The predicted molar refractivity (Wildman–Crippen MR) is 94.1 cm³/mol. The number of carboxylic acid groups (broad SMARTS) is 1. The van der Waals surface area contributed by atoms with Gasteiger partial charge in [-0.25, -0.2) is 9.86 Å². The molecule has 2 unspecified atom stereocenters. The Kier molecular flexibility index (Phi) is 6.83. The quantitative estimate of drug-likeness (QED) is 0.581. The number of hydroxylamine groups is 2. The molecule has 3 atom stereocenters. The van der Waals surface area contributed by atoms with Crippen LogP contribution in [-0.4, -0.2) is 56.8 Å². The molecule has 0 aliphatic heterocycles. The van der Waals surface area contributed by atoms with Gasteiger partial charge in [0.15, 0.2) is 8.32 Å². The lowest BCUT2D eigenvalue weighted by Gasteiger charge is -2.43. The van der Waals surface area contributed by atoms with Crippen molar-refractivity contribution in [1.82, 2.24) is 10.4 Å². The lowest BCUT2D eigenvalue weighted by atomic mass is 9.82. The van der Waals surface area contributed by atoms with Gasteiger partial charge in [0.1, 0.15) is 0 Å². The van der Waals surface area contributed by atoms with Gasteiger partial charge >= 0.3 is 6.09 Å². The fourth-order valence-electron chi connectivity index (χ4n) is 2.76. The molecular formula is C16H32N2O5Si. The predicted octanol–water partition coefficient (Wildman–Crippen LogP) is 2.83. The summed E-state index contributed by atoms with van der Waals surface area (Å²) in [5, 5.41) is 12.8. The smallest absolute Gasteiger partial charge is 0.404 e. The summed E-state index contributed by atoms with van der Waals surface area (Å²) in [6.45, 7) is 10.9. The molecule has 0 aromatic rings. The Bertz CT molecular complexity index is 464. The summed E-state index contributed by atoms with van der Waals surface area (Å²) in [7, 11) is 1.02. The standard InChI is InChI=1S/C16H32N2O5Si/c1-16(2,3)24(6,7)23-11-8-9-13(17-15(20)21)12(10-11)14(19)18(4)22-5/h11-13,17H,8-10H2,1-7H3,(H,20,21)/t11-,12?,13?/m1/s1. The zero-order valence-corrected chi connectivity index (χ0v) is 16.9. The summed E-state index contributed by atoms with van der Waals surface area (Å²) in [6.07, 6.45) is 0.695. The summed E-state index contributed by atoms with van der Waals surface area (Å²) < 4.78 is 6.44. The molecule has 0 radical (unpaired) electrons. The summed E-state index contributed by atoms with van der Waals surface area (Å²) in [5.41, 5.74) is 0. The Morgan fingerprint density at radius 2 is 1.83 bits per heavy atom. The van der Waals surface area contributed by atoms with E-state index in [1.165, 1.54) is 7.11 Å². The van der Waals surface area contributed by atoms with Crippen LogP contribution in [0.15, 0.2) is 0 Å². The molecule has 2 amide bonds. The van der Waals surface area contributed by atoms with Gasteiger partial charge in [-0.05, 0) is 37.4 Å². The van der Waals surface area contributed by atoms with Gasteiger partial charge in [0.25, 0.3) is 5.91 Å². The third-order valence-electron chi connectivity index (χ3n) is 5.28. The third-order valence-corrected chi connectivity index (χ3v) is 9.81. The first kappa shape index (κ1) is 20.9. The number of hydrogen-bond acceptors (Lipinski definition) is 4. The Balaban J connectivity index is 2.89. The van der Waals surface area contributed by atoms with Crippen LogP contribution in [0.1, 0.15) is 40.0 Å². The molecule has 0 bridgehead atoms. The number of nitrogens with one attached hydrogen (secondary N) is 1. The van der Waals surface area contributed by atoms with Crippen LogP contribution in [-0.2, 0) is 14.1 Å². The molecule has 1 aliphatic carbocycles. The highest BCUT2D eigenvalue weighted by Gasteiger charge is 2.43. The molecule has 0 heterocycles. The fourth-order valence-corrected chi connectivity index (χ4v) is 4.16. The molecule has 0 aromatic heterocycles. The van der Waals surface area contributed by atoms with E-state index >= 15 is 0 Å². The lowest BCUT2D eigenvalue weighted by Crippen LogP contribution is -2.53. The number of carbonyl (C=O) groups is 2. The van der Waals surface area contributed by atoms with Crippen LogP contribution in [0.3, 0.4) is 0 Å². The van der Waals surface area contributed by atoms with E-state index in [1.54, 1.807) is 7.05 Å². The first-order chi connectivity index (χ1) is 10.9. The Hall–Kier alpha value is -1.12. The van der Waals surface area contributed by atoms with Crippen molar-refractivity contribution in [2.24, 2.45) is 5.92 Å². The van der Waals surface area contributed by atoms with Crippen LogP contribution in [0.4, 0.5) is 4.79 Å². The summed E-state index contributed by atoms with van der Waals surface area (Å²) in [5.74, 6) is -0.700. The van der Waals surface area contributed by atoms with Gasteiger partial charge in [0, 0.05) is 19.2 Å². The molecule has 0 saturated heterocycles. The minimum atomic E-state index is -1.94. The van der Waals surface area contributed by atoms with E-state index in [0.29, 0.717) is 12.8 Å². The van der Waals surface area contributed by atoms with Crippen LogP contribution in [0, 0.1) is 5.92 Å². The van der Waals surface area contributed by atoms with E-state index in [2.05, 4.69) is 39.2 Å². The number of hydrogen-bond donors (Lipinski definition) is 2. The van der Waals surface area contributed by atoms with Crippen LogP contribution in [0.2, 0.25) is 18.1 Å². The first-order valence-electron chi connectivity index (χ1n) is 8.38. The molecule has 2 N–H and O–H groups in total. The zero-order valence-electron chi connectivity index (χ0n) is 15.9. The molecule has 1 aliphatic rings. The first-order valence-corrected chi connectivity index (χ1v) is 11.3. The monoisotopic (exact) mass is 360 g/mol. The molecular weight excluding hydrogens is 328 g/mol. The van der Waals surface area contributed by atoms with Gasteiger partial charge in [0.2, 0.25) is 0 Å². The van der Waals surface area contributed by atoms with Crippen molar-refractivity contribution in [3.8, 4) is 0 Å². The summed E-state index contributed by atoms with van der Waals surface area (Å²) in [6, 6.07) is -0.410. The zero-order chi connectivity index (χ0) is 18.7. The van der Waals surface area contributed by atoms with Gasteiger partial charge in [-0.15, -0.1) is 0 Å². The van der Waals surface area contributed by atoms with Crippen molar-refractivity contribution in [3.63, 3.8) is 0 Å². The van der Waals surface area contributed by atoms with Crippen LogP contribution >= 0.6 is 0 Å². The van der Waals surface area contributed by atoms with Crippen molar-refractivity contribution < 1.29 is 24.0 Å². The van der Waals surface area contributed by atoms with Crippen molar-refractivity contribution in [1.29, 1.82) is 0 Å². The summed E-state index contributed by atoms with van der Waals surface area (Å²) >= 11 is 0. The highest BCUT2D eigenvalue weighted by atomic mass is 28.4. The second-order valence-electron chi connectivity index (χ2n) is 7.99. The van der Waals surface area contributed by atoms with Crippen molar-refractivity contribution in [3.05, 3.63) is 0 Å². The largest absolute Gasteiger partial charge is 0.465 e. The Morgan fingerprint density at radius 3 is 2.29 bits per heavy atom.